The van der Waals surface area contributed by atoms with Crippen LogP contribution in [0.4, 0.5) is 0 Å². The zero-order valence-corrected chi connectivity index (χ0v) is 10.7. The van der Waals surface area contributed by atoms with Crippen LogP contribution in [-0.4, -0.2) is 30.4 Å². The third-order valence-electron chi connectivity index (χ3n) is 3.30. The van der Waals surface area contributed by atoms with Gasteiger partial charge in [0.1, 0.15) is 11.5 Å². The molecule has 4 nitrogen and oxygen atoms in total. The van der Waals surface area contributed by atoms with Gasteiger partial charge in [-0.05, 0) is 32.4 Å². The van der Waals surface area contributed by atoms with Crippen LogP contribution < -0.4 is 5.32 Å². The number of amides is 1. The first-order chi connectivity index (χ1) is 8.06. The van der Waals surface area contributed by atoms with Crippen molar-refractivity contribution in [1.29, 1.82) is 0 Å². The molecule has 0 radical (unpaired) electrons. The number of rotatable bonds is 3. The molecule has 0 bridgehead atoms. The van der Waals surface area contributed by atoms with Crippen LogP contribution in [0.2, 0.25) is 0 Å². The zero-order valence-electron chi connectivity index (χ0n) is 10.7. The molecule has 4 heteroatoms. The molecule has 2 rings (SSSR count). The molecule has 1 aliphatic heterocycles. The number of hydrogen-bond acceptors (Lipinski definition) is 3. The first kappa shape index (κ1) is 12.2. The normalized spacial score (nSPS) is 22.9. The van der Waals surface area contributed by atoms with Gasteiger partial charge in [0.15, 0.2) is 0 Å². The summed E-state index contributed by atoms with van der Waals surface area (Å²) in [6, 6.07) is 4.53. The molecular formula is C13H20N2O2. The number of aryl methyl sites for hydroxylation is 1. The van der Waals surface area contributed by atoms with Crippen molar-refractivity contribution in [3.05, 3.63) is 23.7 Å². The fourth-order valence-electron chi connectivity index (χ4n) is 2.27. The SMILES string of the molecule is Cc1ccc(C(C)NC2CCC(=O)N(C)C2)o1. The summed E-state index contributed by atoms with van der Waals surface area (Å²) >= 11 is 0. The van der Waals surface area contributed by atoms with Crippen LogP contribution in [0.25, 0.3) is 0 Å². The molecule has 1 fully saturated rings. The summed E-state index contributed by atoms with van der Waals surface area (Å²) in [6.45, 7) is 4.82. The van der Waals surface area contributed by atoms with E-state index in [-0.39, 0.29) is 11.9 Å². The van der Waals surface area contributed by atoms with Gasteiger partial charge in [-0.2, -0.15) is 0 Å². The summed E-state index contributed by atoms with van der Waals surface area (Å²) in [5, 5.41) is 3.51. The van der Waals surface area contributed by atoms with Crippen molar-refractivity contribution in [2.24, 2.45) is 0 Å². The van der Waals surface area contributed by atoms with E-state index < -0.39 is 0 Å². The second-order valence-electron chi connectivity index (χ2n) is 4.85. The Bertz CT molecular complexity index is 400. The van der Waals surface area contributed by atoms with Crippen molar-refractivity contribution in [3.8, 4) is 0 Å². The van der Waals surface area contributed by atoms with E-state index in [9.17, 15) is 4.79 Å². The summed E-state index contributed by atoms with van der Waals surface area (Å²) < 4.78 is 5.59. The number of nitrogens with zero attached hydrogens (tertiary/aromatic N) is 1. The molecule has 1 aliphatic rings. The number of likely N-dealkylation sites (N-methyl/N-ethyl adjacent to an activating group) is 1. The summed E-state index contributed by atoms with van der Waals surface area (Å²) in [5.74, 6) is 2.14. The van der Waals surface area contributed by atoms with Gasteiger partial charge in [-0.1, -0.05) is 0 Å². The average molecular weight is 236 g/mol. The monoisotopic (exact) mass is 236 g/mol. The van der Waals surface area contributed by atoms with Crippen LogP contribution in [0.3, 0.4) is 0 Å². The summed E-state index contributed by atoms with van der Waals surface area (Å²) in [6.07, 6.45) is 1.55. The quantitative estimate of drug-likeness (QED) is 0.871. The second-order valence-corrected chi connectivity index (χ2v) is 4.85. The van der Waals surface area contributed by atoms with Crippen LogP contribution in [0.1, 0.15) is 37.3 Å². The number of furan rings is 1. The first-order valence-electron chi connectivity index (χ1n) is 6.12. The maximum atomic E-state index is 11.4. The number of piperidine rings is 1. The van der Waals surface area contributed by atoms with Gasteiger partial charge in [0.2, 0.25) is 5.91 Å². The summed E-state index contributed by atoms with van der Waals surface area (Å²) in [7, 11) is 1.86. The van der Waals surface area contributed by atoms with Crippen molar-refractivity contribution >= 4 is 5.91 Å². The third-order valence-corrected chi connectivity index (χ3v) is 3.30. The summed E-state index contributed by atoms with van der Waals surface area (Å²) in [5.41, 5.74) is 0. The molecule has 1 N–H and O–H groups in total. The molecule has 0 spiro atoms. The second kappa shape index (κ2) is 4.92. The van der Waals surface area contributed by atoms with Crippen molar-refractivity contribution in [1.82, 2.24) is 10.2 Å². The minimum absolute atomic E-state index is 0.190. The molecule has 1 aromatic heterocycles. The van der Waals surface area contributed by atoms with Crippen LogP contribution >= 0.6 is 0 Å². The minimum Gasteiger partial charge on any atom is -0.465 e. The Morgan fingerprint density at radius 3 is 2.88 bits per heavy atom. The molecule has 94 valence electrons. The molecule has 2 atom stereocenters. The van der Waals surface area contributed by atoms with E-state index in [1.807, 2.05) is 26.1 Å². The molecular weight excluding hydrogens is 216 g/mol. The standard InChI is InChI=1S/C13H20N2O2/c1-9-4-6-12(17-9)10(2)14-11-5-7-13(16)15(3)8-11/h4,6,10-11,14H,5,7-8H2,1-3H3. The van der Waals surface area contributed by atoms with E-state index in [4.69, 9.17) is 4.42 Å². The third kappa shape index (κ3) is 2.88. The molecule has 2 unspecified atom stereocenters. The molecule has 1 aromatic rings. The molecule has 0 saturated carbocycles. The maximum Gasteiger partial charge on any atom is 0.222 e. The Labute approximate surface area is 102 Å². The van der Waals surface area contributed by atoms with Crippen LogP contribution in [-0.2, 0) is 4.79 Å². The van der Waals surface area contributed by atoms with Gasteiger partial charge < -0.3 is 14.6 Å². The van der Waals surface area contributed by atoms with Gasteiger partial charge >= 0.3 is 0 Å². The van der Waals surface area contributed by atoms with Gasteiger partial charge in [-0.3, -0.25) is 4.79 Å². The maximum absolute atomic E-state index is 11.4. The van der Waals surface area contributed by atoms with E-state index in [0.29, 0.717) is 12.5 Å². The van der Waals surface area contributed by atoms with Crippen molar-refractivity contribution in [2.75, 3.05) is 13.6 Å². The fraction of sp³-hybridized carbons (Fsp3) is 0.615. The van der Waals surface area contributed by atoms with Gasteiger partial charge in [0, 0.05) is 26.1 Å². The topological polar surface area (TPSA) is 45.5 Å². The van der Waals surface area contributed by atoms with Crippen molar-refractivity contribution < 1.29 is 9.21 Å². The van der Waals surface area contributed by atoms with Crippen molar-refractivity contribution in [3.63, 3.8) is 0 Å². The van der Waals surface area contributed by atoms with E-state index in [0.717, 1.165) is 24.5 Å². The predicted molar refractivity (Wildman–Crippen MR) is 65.7 cm³/mol. The van der Waals surface area contributed by atoms with Crippen LogP contribution in [0, 0.1) is 6.92 Å². The lowest BCUT2D eigenvalue weighted by molar-refractivity contribution is -0.132. The lowest BCUT2D eigenvalue weighted by Crippen LogP contribution is -2.47. The Morgan fingerprint density at radius 1 is 1.53 bits per heavy atom. The molecule has 0 aromatic carbocycles. The van der Waals surface area contributed by atoms with E-state index in [1.165, 1.54) is 0 Å². The fourth-order valence-corrected chi connectivity index (χ4v) is 2.27. The number of carbonyl (C=O) groups excluding carboxylic acids is 1. The molecule has 1 saturated heterocycles. The lowest BCUT2D eigenvalue weighted by atomic mass is 10.0. The van der Waals surface area contributed by atoms with Crippen LogP contribution in [0.15, 0.2) is 16.5 Å². The van der Waals surface area contributed by atoms with E-state index in [2.05, 4.69) is 12.2 Å². The molecule has 0 aliphatic carbocycles. The Kier molecular flexibility index (Phi) is 3.52. The highest BCUT2D eigenvalue weighted by atomic mass is 16.3. The Hall–Kier alpha value is -1.29. The van der Waals surface area contributed by atoms with Gasteiger partial charge in [0.25, 0.3) is 0 Å². The number of likely N-dealkylation sites (tertiary alicyclic amines) is 1. The number of carbonyl (C=O) groups is 1. The largest absolute Gasteiger partial charge is 0.465 e. The highest BCUT2D eigenvalue weighted by molar-refractivity contribution is 5.76. The smallest absolute Gasteiger partial charge is 0.222 e. The number of nitrogens with one attached hydrogen (secondary N) is 1. The molecule has 2 heterocycles. The van der Waals surface area contributed by atoms with Gasteiger partial charge in [-0.15, -0.1) is 0 Å². The molecule has 1 amide bonds. The Morgan fingerprint density at radius 2 is 2.29 bits per heavy atom. The minimum atomic E-state index is 0.190. The zero-order chi connectivity index (χ0) is 12.4. The predicted octanol–water partition coefficient (Wildman–Crippen LogP) is 1.86. The highest BCUT2D eigenvalue weighted by Gasteiger charge is 2.24. The Balaban J connectivity index is 1.91. The van der Waals surface area contributed by atoms with Crippen LogP contribution in [0.5, 0.6) is 0 Å². The van der Waals surface area contributed by atoms with Gasteiger partial charge in [0.05, 0.1) is 6.04 Å². The molecule has 17 heavy (non-hydrogen) atoms. The van der Waals surface area contributed by atoms with Gasteiger partial charge in [-0.25, -0.2) is 0 Å². The van der Waals surface area contributed by atoms with E-state index in [1.54, 1.807) is 4.90 Å². The number of hydrogen-bond donors (Lipinski definition) is 1. The first-order valence-corrected chi connectivity index (χ1v) is 6.12. The highest BCUT2D eigenvalue weighted by Crippen LogP contribution is 2.18. The van der Waals surface area contributed by atoms with E-state index >= 15 is 0 Å². The average Bonchev–Trinajstić information content (AvgIpc) is 2.70. The lowest BCUT2D eigenvalue weighted by Gasteiger charge is -2.31. The van der Waals surface area contributed by atoms with Crippen molar-refractivity contribution in [2.45, 2.75) is 38.8 Å². The summed E-state index contributed by atoms with van der Waals surface area (Å²) in [4.78, 5) is 13.2.